The second-order valence-electron chi connectivity index (χ2n) is 5.95. The van der Waals surface area contributed by atoms with Gasteiger partial charge < -0.3 is 4.74 Å². The van der Waals surface area contributed by atoms with Crippen LogP contribution in [0.3, 0.4) is 0 Å². The van der Waals surface area contributed by atoms with E-state index in [4.69, 9.17) is 4.74 Å². The van der Waals surface area contributed by atoms with Crippen molar-refractivity contribution in [3.05, 3.63) is 58.9 Å². The second-order valence-corrected chi connectivity index (χ2v) is 5.95. The summed E-state index contributed by atoms with van der Waals surface area (Å²) in [6, 6.07) is 8.13. The SMILES string of the molecule is Cc1nn(C)c2ncc(C(=O)OCN3C(=O)c4ccccc4C3=O)cc12. The summed E-state index contributed by atoms with van der Waals surface area (Å²) in [5, 5.41) is 4.99. The molecule has 130 valence electrons. The first-order valence-electron chi connectivity index (χ1n) is 7.89. The third-order valence-electron chi connectivity index (χ3n) is 4.30. The van der Waals surface area contributed by atoms with Crippen LogP contribution in [0.1, 0.15) is 36.8 Å². The van der Waals surface area contributed by atoms with E-state index >= 15 is 0 Å². The lowest BCUT2D eigenvalue weighted by molar-refractivity contribution is 0.0228. The lowest BCUT2D eigenvalue weighted by Crippen LogP contribution is -2.33. The molecule has 3 aromatic rings. The van der Waals surface area contributed by atoms with Crippen LogP contribution in [-0.2, 0) is 11.8 Å². The van der Waals surface area contributed by atoms with Crippen LogP contribution < -0.4 is 0 Å². The number of nitrogens with zero attached hydrogens (tertiary/aromatic N) is 4. The number of carbonyl (C=O) groups excluding carboxylic acids is 3. The van der Waals surface area contributed by atoms with Crippen LogP contribution in [0.15, 0.2) is 36.5 Å². The van der Waals surface area contributed by atoms with Crippen molar-refractivity contribution < 1.29 is 19.1 Å². The average Bonchev–Trinajstić information content (AvgIpc) is 3.07. The minimum Gasteiger partial charge on any atom is -0.440 e. The van der Waals surface area contributed by atoms with Gasteiger partial charge in [-0.15, -0.1) is 0 Å². The highest BCUT2D eigenvalue weighted by atomic mass is 16.5. The number of benzene rings is 1. The van der Waals surface area contributed by atoms with Crippen molar-refractivity contribution in [1.29, 1.82) is 0 Å². The number of hydrogen-bond acceptors (Lipinski definition) is 6. The molecule has 0 saturated heterocycles. The van der Waals surface area contributed by atoms with Crippen molar-refractivity contribution in [2.45, 2.75) is 6.92 Å². The van der Waals surface area contributed by atoms with Gasteiger partial charge in [0.25, 0.3) is 11.8 Å². The highest BCUT2D eigenvalue weighted by molar-refractivity contribution is 6.21. The van der Waals surface area contributed by atoms with Crippen molar-refractivity contribution in [2.75, 3.05) is 6.73 Å². The molecule has 0 N–H and O–H groups in total. The number of amides is 2. The van der Waals surface area contributed by atoms with Gasteiger partial charge in [-0.1, -0.05) is 12.1 Å². The van der Waals surface area contributed by atoms with Crippen LogP contribution >= 0.6 is 0 Å². The summed E-state index contributed by atoms with van der Waals surface area (Å²) in [7, 11) is 1.77. The lowest BCUT2D eigenvalue weighted by atomic mass is 10.1. The Morgan fingerprint density at radius 1 is 1.15 bits per heavy atom. The zero-order valence-electron chi connectivity index (χ0n) is 14.1. The summed E-state index contributed by atoms with van der Waals surface area (Å²) in [6.45, 7) is 1.37. The Kier molecular flexibility index (Phi) is 3.54. The fourth-order valence-electron chi connectivity index (χ4n) is 2.98. The van der Waals surface area contributed by atoms with E-state index in [1.165, 1.54) is 6.20 Å². The number of pyridine rings is 1. The fourth-order valence-corrected chi connectivity index (χ4v) is 2.98. The van der Waals surface area contributed by atoms with Crippen molar-refractivity contribution >= 4 is 28.8 Å². The van der Waals surface area contributed by atoms with Gasteiger partial charge >= 0.3 is 5.97 Å². The topological polar surface area (TPSA) is 94.4 Å². The molecule has 0 saturated carbocycles. The maximum Gasteiger partial charge on any atom is 0.341 e. The minimum absolute atomic E-state index is 0.227. The van der Waals surface area contributed by atoms with Crippen LogP contribution in [0.25, 0.3) is 11.0 Å². The average molecular weight is 350 g/mol. The molecule has 8 nitrogen and oxygen atoms in total. The van der Waals surface area contributed by atoms with Crippen LogP contribution in [-0.4, -0.2) is 44.2 Å². The molecular weight excluding hydrogens is 336 g/mol. The molecule has 0 atom stereocenters. The Balaban J connectivity index is 1.52. The monoisotopic (exact) mass is 350 g/mol. The molecule has 0 bridgehead atoms. The van der Waals surface area contributed by atoms with Crippen LogP contribution in [0.4, 0.5) is 0 Å². The summed E-state index contributed by atoms with van der Waals surface area (Å²) in [5.74, 6) is -1.62. The normalized spacial score (nSPS) is 13.4. The molecule has 0 unspecified atom stereocenters. The van der Waals surface area contributed by atoms with Gasteiger partial charge in [-0.05, 0) is 25.1 Å². The van der Waals surface area contributed by atoms with Gasteiger partial charge in [0.15, 0.2) is 12.4 Å². The number of rotatable bonds is 3. The third-order valence-corrected chi connectivity index (χ3v) is 4.30. The van der Waals surface area contributed by atoms with Gasteiger partial charge in [-0.3, -0.25) is 14.3 Å². The summed E-state index contributed by atoms with van der Waals surface area (Å²) >= 11 is 0. The first-order valence-corrected chi connectivity index (χ1v) is 7.89. The van der Waals surface area contributed by atoms with Gasteiger partial charge in [-0.25, -0.2) is 14.7 Å². The molecule has 8 heteroatoms. The number of fused-ring (bicyclic) bond motifs is 2. The summed E-state index contributed by atoms with van der Waals surface area (Å²) in [5.41, 5.74) is 2.24. The predicted molar refractivity (Wildman–Crippen MR) is 90.5 cm³/mol. The molecule has 2 aromatic heterocycles. The molecule has 1 aliphatic rings. The van der Waals surface area contributed by atoms with E-state index in [9.17, 15) is 14.4 Å². The molecule has 4 rings (SSSR count). The molecule has 26 heavy (non-hydrogen) atoms. The minimum atomic E-state index is -0.667. The lowest BCUT2D eigenvalue weighted by Gasteiger charge is -2.13. The molecule has 0 radical (unpaired) electrons. The maximum absolute atomic E-state index is 12.3. The Morgan fingerprint density at radius 2 is 1.81 bits per heavy atom. The van der Waals surface area contributed by atoms with Gasteiger partial charge in [0.1, 0.15) is 0 Å². The number of aryl methyl sites for hydroxylation is 2. The van der Waals surface area contributed by atoms with Crippen LogP contribution in [0, 0.1) is 6.92 Å². The Labute approximate surface area is 148 Å². The van der Waals surface area contributed by atoms with E-state index in [1.54, 1.807) is 42.1 Å². The van der Waals surface area contributed by atoms with E-state index in [0.29, 0.717) is 16.8 Å². The molecule has 2 amide bonds. The zero-order valence-corrected chi connectivity index (χ0v) is 14.1. The number of imide groups is 1. The predicted octanol–water partition coefficient (Wildman–Crippen LogP) is 1.69. The van der Waals surface area contributed by atoms with E-state index in [1.807, 2.05) is 6.92 Å². The van der Waals surface area contributed by atoms with Crippen LogP contribution in [0.5, 0.6) is 0 Å². The smallest absolute Gasteiger partial charge is 0.341 e. The van der Waals surface area contributed by atoms with Crippen molar-refractivity contribution in [2.24, 2.45) is 7.05 Å². The number of aromatic nitrogens is 3. The fraction of sp³-hybridized carbons (Fsp3) is 0.167. The van der Waals surface area contributed by atoms with Crippen LogP contribution in [0.2, 0.25) is 0 Å². The Bertz CT molecular complexity index is 1050. The molecule has 1 aliphatic heterocycles. The second kappa shape index (κ2) is 5.76. The zero-order chi connectivity index (χ0) is 18.4. The molecule has 0 aliphatic carbocycles. The third kappa shape index (κ3) is 2.34. The highest BCUT2D eigenvalue weighted by Crippen LogP contribution is 2.22. The van der Waals surface area contributed by atoms with Gasteiger partial charge in [0, 0.05) is 18.6 Å². The van der Waals surface area contributed by atoms with Gasteiger partial charge in [-0.2, -0.15) is 5.10 Å². The van der Waals surface area contributed by atoms with Crippen molar-refractivity contribution in [3.8, 4) is 0 Å². The first kappa shape index (κ1) is 15.9. The summed E-state index contributed by atoms with van der Waals surface area (Å²) in [4.78, 5) is 42.0. The van der Waals surface area contributed by atoms with E-state index < -0.39 is 24.5 Å². The maximum atomic E-state index is 12.3. The number of carbonyl (C=O) groups is 3. The highest BCUT2D eigenvalue weighted by Gasteiger charge is 2.35. The van der Waals surface area contributed by atoms with Crippen molar-refractivity contribution in [3.63, 3.8) is 0 Å². The number of ether oxygens (including phenoxy) is 1. The first-order chi connectivity index (χ1) is 12.5. The van der Waals surface area contributed by atoms with E-state index in [0.717, 1.165) is 16.0 Å². The summed E-state index contributed by atoms with van der Waals surface area (Å²) in [6.07, 6.45) is 1.38. The largest absolute Gasteiger partial charge is 0.440 e. The molecular formula is C18H14N4O4. The Hall–Kier alpha value is -3.55. The molecule has 0 fully saturated rings. The van der Waals surface area contributed by atoms with Gasteiger partial charge in [0.2, 0.25) is 0 Å². The number of esters is 1. The molecule has 0 spiro atoms. The standard InChI is InChI=1S/C18H14N4O4/c1-10-14-7-11(8-19-15(14)21(2)20-10)18(25)26-9-22-16(23)12-5-3-4-6-13(12)17(22)24/h3-8H,9H2,1-2H3. The van der Waals surface area contributed by atoms with Gasteiger partial charge in [0.05, 0.1) is 22.4 Å². The van der Waals surface area contributed by atoms with E-state index in [-0.39, 0.29) is 5.56 Å². The summed E-state index contributed by atoms with van der Waals surface area (Å²) < 4.78 is 6.78. The molecule has 3 heterocycles. The Morgan fingerprint density at radius 3 is 2.46 bits per heavy atom. The quantitative estimate of drug-likeness (QED) is 0.527. The van der Waals surface area contributed by atoms with Crippen molar-refractivity contribution in [1.82, 2.24) is 19.7 Å². The number of hydrogen-bond donors (Lipinski definition) is 0. The molecule has 1 aromatic carbocycles. The van der Waals surface area contributed by atoms with E-state index in [2.05, 4.69) is 10.1 Å².